The molecule has 0 amide bonds. The zero-order chi connectivity index (χ0) is 40.8. The minimum Gasteiger partial charge on any atom is -0.309 e. The summed E-state index contributed by atoms with van der Waals surface area (Å²) >= 11 is 0. The van der Waals surface area contributed by atoms with E-state index < -0.39 is 0 Å². The van der Waals surface area contributed by atoms with Crippen LogP contribution in [0.15, 0.2) is 218 Å². The van der Waals surface area contributed by atoms with Gasteiger partial charge in [0.1, 0.15) is 0 Å². The molecule has 2 aliphatic carbocycles. The van der Waals surface area contributed by atoms with E-state index in [2.05, 4.69) is 162 Å². The van der Waals surface area contributed by atoms with E-state index in [0.29, 0.717) is 17.5 Å². The maximum atomic E-state index is 5.00. The zero-order valence-corrected chi connectivity index (χ0v) is 33.6. The van der Waals surface area contributed by atoms with Crippen molar-refractivity contribution >= 4 is 21.8 Å². The Hall–Kier alpha value is -8.21. The fraction of sp³-hybridized carbons (Fsp3) is 0.0172. The predicted molar refractivity (Wildman–Crippen MR) is 252 cm³/mol. The Labute approximate surface area is 359 Å². The normalized spacial score (nSPS) is 13.0. The van der Waals surface area contributed by atoms with Crippen LogP contribution in [0.4, 0.5) is 0 Å². The van der Waals surface area contributed by atoms with Crippen molar-refractivity contribution < 1.29 is 0 Å². The lowest BCUT2D eigenvalue weighted by atomic mass is 9.70. The molecule has 0 unspecified atom stereocenters. The molecule has 1 spiro atoms. The average molecular weight is 789 g/mol. The van der Waals surface area contributed by atoms with Gasteiger partial charge in [-0.15, -0.1) is 0 Å². The lowest BCUT2D eigenvalue weighted by Crippen LogP contribution is -2.25. The van der Waals surface area contributed by atoms with Crippen LogP contribution in [0, 0.1) is 0 Å². The van der Waals surface area contributed by atoms with Crippen LogP contribution in [0.2, 0.25) is 0 Å². The minimum absolute atomic E-state index is 0.389. The van der Waals surface area contributed by atoms with Gasteiger partial charge in [-0.05, 0) is 86.0 Å². The molecule has 288 valence electrons. The van der Waals surface area contributed by atoms with Crippen LogP contribution in [0.3, 0.4) is 0 Å². The van der Waals surface area contributed by atoms with Gasteiger partial charge in [-0.25, -0.2) is 15.0 Å². The minimum atomic E-state index is -0.389. The van der Waals surface area contributed by atoms with Gasteiger partial charge >= 0.3 is 0 Å². The lowest BCUT2D eigenvalue weighted by molar-refractivity contribution is 0.794. The highest BCUT2D eigenvalue weighted by molar-refractivity contribution is 6.19. The number of nitrogens with zero attached hydrogens (tertiary/aromatic N) is 4. The highest BCUT2D eigenvalue weighted by Crippen LogP contribution is 2.64. The molecule has 2 aliphatic rings. The molecule has 0 fully saturated rings. The van der Waals surface area contributed by atoms with Gasteiger partial charge in [0.25, 0.3) is 0 Å². The van der Waals surface area contributed by atoms with E-state index in [0.717, 1.165) is 33.5 Å². The quantitative estimate of drug-likeness (QED) is 0.174. The van der Waals surface area contributed by atoms with Gasteiger partial charge < -0.3 is 4.57 Å². The third-order valence-corrected chi connectivity index (χ3v) is 13.1. The van der Waals surface area contributed by atoms with Crippen LogP contribution >= 0.6 is 0 Å². The highest BCUT2D eigenvalue weighted by Gasteiger charge is 2.52. The molecular weight excluding hydrogens is 753 g/mol. The van der Waals surface area contributed by atoms with Gasteiger partial charge in [-0.2, -0.15) is 0 Å². The Balaban J connectivity index is 0.945. The number of para-hydroxylation sites is 1. The Morgan fingerprint density at radius 2 is 0.823 bits per heavy atom. The van der Waals surface area contributed by atoms with Crippen LogP contribution in [-0.2, 0) is 5.41 Å². The summed E-state index contributed by atoms with van der Waals surface area (Å²) in [6.45, 7) is 0. The Bertz CT molecular complexity index is 3460. The largest absolute Gasteiger partial charge is 0.309 e. The molecule has 62 heavy (non-hydrogen) atoms. The molecule has 11 aromatic rings. The van der Waals surface area contributed by atoms with Gasteiger partial charge in [0, 0.05) is 33.2 Å². The third kappa shape index (κ3) is 4.92. The van der Waals surface area contributed by atoms with Gasteiger partial charge in [0.15, 0.2) is 17.5 Å². The van der Waals surface area contributed by atoms with E-state index in [9.17, 15) is 0 Å². The first-order chi connectivity index (χ1) is 30.8. The van der Waals surface area contributed by atoms with E-state index in [1.807, 2.05) is 60.7 Å². The smallest absolute Gasteiger partial charge is 0.164 e. The lowest BCUT2D eigenvalue weighted by Gasteiger charge is -2.30. The molecule has 4 nitrogen and oxygen atoms in total. The van der Waals surface area contributed by atoms with Crippen molar-refractivity contribution in [3.63, 3.8) is 0 Å². The summed E-state index contributed by atoms with van der Waals surface area (Å²) in [4.78, 5) is 14.9. The van der Waals surface area contributed by atoms with Crippen molar-refractivity contribution in [2.24, 2.45) is 0 Å². The molecule has 0 N–H and O–H groups in total. The van der Waals surface area contributed by atoms with Crippen molar-refractivity contribution in [2.45, 2.75) is 5.41 Å². The van der Waals surface area contributed by atoms with Crippen LogP contribution < -0.4 is 0 Å². The average Bonchev–Trinajstić information content (AvgIpc) is 3.96. The fourth-order valence-corrected chi connectivity index (χ4v) is 10.5. The molecule has 0 saturated carbocycles. The SMILES string of the molecule is c1ccc(-c2nc(-c3ccccc3)nc(-c3cccc(-c4ccc(-n5c6ccccc6c6c7c(ccc65)C5(c6ccccc6-c6ccccc65)c5ccccc5-7)cc4)c3)n2)cc1. The summed E-state index contributed by atoms with van der Waals surface area (Å²) in [5, 5.41) is 2.55. The molecule has 9 aromatic carbocycles. The molecule has 0 bridgehead atoms. The summed E-state index contributed by atoms with van der Waals surface area (Å²) in [6, 6.07) is 78.5. The van der Waals surface area contributed by atoms with Crippen LogP contribution in [0.5, 0.6) is 0 Å². The summed E-state index contributed by atoms with van der Waals surface area (Å²) in [7, 11) is 0. The second kappa shape index (κ2) is 13.4. The summed E-state index contributed by atoms with van der Waals surface area (Å²) in [6.07, 6.45) is 0. The van der Waals surface area contributed by atoms with Gasteiger partial charge in [-0.3, -0.25) is 0 Å². The van der Waals surface area contributed by atoms with E-state index in [4.69, 9.17) is 15.0 Å². The number of aromatic nitrogens is 4. The maximum Gasteiger partial charge on any atom is 0.164 e. The number of hydrogen-bond acceptors (Lipinski definition) is 3. The van der Waals surface area contributed by atoms with Crippen LogP contribution in [0.1, 0.15) is 22.3 Å². The van der Waals surface area contributed by atoms with E-state index >= 15 is 0 Å². The predicted octanol–water partition coefficient (Wildman–Crippen LogP) is 14.0. The van der Waals surface area contributed by atoms with Crippen molar-refractivity contribution in [1.82, 2.24) is 19.5 Å². The number of fused-ring (bicyclic) bond motifs is 14. The molecule has 0 aliphatic heterocycles. The molecule has 0 saturated heterocycles. The first-order valence-corrected chi connectivity index (χ1v) is 21.2. The van der Waals surface area contributed by atoms with Crippen molar-refractivity contribution in [3.8, 4) is 73.2 Å². The van der Waals surface area contributed by atoms with E-state index in [1.165, 1.54) is 66.3 Å². The summed E-state index contributed by atoms with van der Waals surface area (Å²) < 4.78 is 2.44. The van der Waals surface area contributed by atoms with Crippen LogP contribution in [-0.4, -0.2) is 19.5 Å². The Kier molecular flexibility index (Phi) is 7.49. The molecule has 0 radical (unpaired) electrons. The first kappa shape index (κ1) is 34.6. The zero-order valence-electron chi connectivity index (χ0n) is 33.6. The number of benzene rings is 9. The van der Waals surface area contributed by atoms with Crippen molar-refractivity contribution in [1.29, 1.82) is 0 Å². The van der Waals surface area contributed by atoms with Crippen molar-refractivity contribution in [3.05, 3.63) is 241 Å². The third-order valence-electron chi connectivity index (χ3n) is 13.1. The molecule has 13 rings (SSSR count). The Morgan fingerprint density at radius 1 is 0.323 bits per heavy atom. The first-order valence-electron chi connectivity index (χ1n) is 21.2. The Morgan fingerprint density at radius 3 is 1.47 bits per heavy atom. The van der Waals surface area contributed by atoms with E-state index in [1.54, 1.807) is 0 Å². The van der Waals surface area contributed by atoms with Crippen LogP contribution in [0.25, 0.3) is 95.0 Å². The van der Waals surface area contributed by atoms with E-state index in [-0.39, 0.29) is 5.41 Å². The topological polar surface area (TPSA) is 43.6 Å². The molecule has 2 heterocycles. The van der Waals surface area contributed by atoms with Gasteiger partial charge in [-0.1, -0.05) is 188 Å². The highest BCUT2D eigenvalue weighted by atomic mass is 15.0. The van der Waals surface area contributed by atoms with Crippen molar-refractivity contribution in [2.75, 3.05) is 0 Å². The van der Waals surface area contributed by atoms with Gasteiger partial charge in [0.2, 0.25) is 0 Å². The summed E-state index contributed by atoms with van der Waals surface area (Å²) in [5.41, 5.74) is 18.9. The fourth-order valence-electron chi connectivity index (χ4n) is 10.5. The molecular formula is C58H36N4. The summed E-state index contributed by atoms with van der Waals surface area (Å²) in [5.74, 6) is 1.94. The molecule has 2 aromatic heterocycles. The van der Waals surface area contributed by atoms with Gasteiger partial charge in [0.05, 0.1) is 16.4 Å². The monoisotopic (exact) mass is 788 g/mol. The molecule has 4 heteroatoms. The number of hydrogen-bond donors (Lipinski definition) is 0. The second-order valence-corrected chi connectivity index (χ2v) is 16.3. The molecule has 0 atom stereocenters. The standard InChI is InChI=1S/C58H36N4/c1-3-16-38(17-4-1)55-59-56(39-18-5-2-6-19-39)61-57(60-55)41-21-15-20-40(36-41)37-30-32-42(33-31-37)62-51-29-14-10-25-46(51)54-52(62)35-34-50-53(54)45-24-9-13-28-49(45)58(50)47-26-11-7-22-43(47)44-23-8-12-27-48(44)58/h1-36H. The second-order valence-electron chi connectivity index (χ2n) is 16.3. The maximum absolute atomic E-state index is 5.00. The number of rotatable bonds is 5.